The third-order valence-corrected chi connectivity index (χ3v) is 8.30. The molecule has 3 aromatic rings. The first-order chi connectivity index (χ1) is 18.0. The highest BCUT2D eigenvalue weighted by molar-refractivity contribution is 9.11. The summed E-state index contributed by atoms with van der Waals surface area (Å²) >= 11 is 20.0. The van der Waals surface area contributed by atoms with Crippen LogP contribution in [0.15, 0.2) is 62.4 Å². The summed E-state index contributed by atoms with van der Waals surface area (Å²) in [5.41, 5.74) is 3.90. The Hall–Kier alpha value is -2.30. The van der Waals surface area contributed by atoms with Crippen LogP contribution in [0.4, 0.5) is 10.5 Å². The van der Waals surface area contributed by atoms with Crippen LogP contribution in [0.1, 0.15) is 22.3 Å². The number of hydrogen-bond acceptors (Lipinski definition) is 5. The van der Waals surface area contributed by atoms with Gasteiger partial charge in [-0.2, -0.15) is 0 Å². The molecule has 0 radical (unpaired) electrons. The van der Waals surface area contributed by atoms with Crippen LogP contribution < -0.4 is 10.1 Å². The lowest BCUT2D eigenvalue weighted by molar-refractivity contribution is -0.127. The summed E-state index contributed by atoms with van der Waals surface area (Å²) in [4.78, 5) is 39.3. The highest BCUT2D eigenvalue weighted by Gasteiger charge is 2.36. The number of nitrogens with zero attached hydrogens (tertiary/aromatic N) is 1. The van der Waals surface area contributed by atoms with E-state index in [1.54, 1.807) is 36.4 Å². The largest absolute Gasteiger partial charge is 0.486 e. The number of rotatable bonds is 7. The second kappa shape index (κ2) is 12.3. The van der Waals surface area contributed by atoms with Crippen LogP contribution in [0, 0.1) is 13.8 Å². The summed E-state index contributed by atoms with van der Waals surface area (Å²) in [6.07, 6.45) is 1.60. The highest BCUT2D eigenvalue weighted by atomic mass is 79.9. The molecular weight excluding hydrogens is 679 g/mol. The van der Waals surface area contributed by atoms with Crippen LogP contribution in [0.3, 0.4) is 0 Å². The first kappa shape index (κ1) is 28.7. The van der Waals surface area contributed by atoms with Crippen molar-refractivity contribution in [1.29, 1.82) is 0 Å². The molecule has 196 valence electrons. The maximum Gasteiger partial charge on any atom is 0.294 e. The zero-order valence-electron chi connectivity index (χ0n) is 20.1. The van der Waals surface area contributed by atoms with Gasteiger partial charge in [0.15, 0.2) is 0 Å². The number of nitrogens with one attached hydrogen (secondary N) is 1. The molecule has 6 nitrogen and oxygen atoms in total. The number of para-hydroxylation sites is 1. The van der Waals surface area contributed by atoms with Gasteiger partial charge in [-0.1, -0.05) is 47.5 Å². The molecule has 0 bridgehead atoms. The molecule has 3 aromatic carbocycles. The van der Waals surface area contributed by atoms with Crippen LogP contribution in [0.25, 0.3) is 6.08 Å². The van der Waals surface area contributed by atoms with Gasteiger partial charge in [0.05, 0.1) is 13.9 Å². The van der Waals surface area contributed by atoms with Gasteiger partial charge in [0.2, 0.25) is 5.91 Å². The fraction of sp³-hybridized carbons (Fsp3) is 0.148. The first-order valence-corrected chi connectivity index (χ1v) is 14.4. The maximum atomic E-state index is 13.0. The number of carbonyl (C=O) groups excluding carboxylic acids is 3. The van der Waals surface area contributed by atoms with E-state index in [1.807, 2.05) is 32.0 Å². The molecule has 1 aliphatic rings. The molecule has 0 spiro atoms. The summed E-state index contributed by atoms with van der Waals surface area (Å²) in [7, 11) is 0. The lowest BCUT2D eigenvalue weighted by Gasteiger charge is -2.15. The molecule has 4 rings (SSSR count). The van der Waals surface area contributed by atoms with Gasteiger partial charge in [-0.25, -0.2) is 0 Å². The van der Waals surface area contributed by atoms with Crippen LogP contribution in [0.5, 0.6) is 5.75 Å². The number of halogens is 4. The van der Waals surface area contributed by atoms with Crippen LogP contribution in [-0.2, 0) is 16.2 Å². The Balaban J connectivity index is 1.46. The fourth-order valence-corrected chi connectivity index (χ4v) is 6.46. The van der Waals surface area contributed by atoms with Gasteiger partial charge in [0.25, 0.3) is 11.1 Å². The molecule has 0 saturated carbocycles. The zero-order chi connectivity index (χ0) is 27.6. The van der Waals surface area contributed by atoms with Crippen molar-refractivity contribution < 1.29 is 19.1 Å². The van der Waals surface area contributed by atoms with E-state index in [2.05, 4.69) is 37.2 Å². The average Bonchev–Trinajstić information content (AvgIpc) is 3.09. The highest BCUT2D eigenvalue weighted by Crippen LogP contribution is 2.38. The third-order valence-electron chi connectivity index (χ3n) is 5.63. The van der Waals surface area contributed by atoms with Crippen molar-refractivity contribution in [1.82, 2.24) is 4.90 Å². The second-order valence-electron chi connectivity index (χ2n) is 8.42. The van der Waals surface area contributed by atoms with Gasteiger partial charge in [-0.05, 0) is 105 Å². The Labute approximate surface area is 251 Å². The van der Waals surface area contributed by atoms with Gasteiger partial charge in [0, 0.05) is 21.3 Å². The Morgan fingerprint density at radius 2 is 1.71 bits per heavy atom. The van der Waals surface area contributed by atoms with Gasteiger partial charge >= 0.3 is 0 Å². The monoisotopic (exact) mass is 696 g/mol. The van der Waals surface area contributed by atoms with Gasteiger partial charge < -0.3 is 10.1 Å². The van der Waals surface area contributed by atoms with Crippen LogP contribution in [0.2, 0.25) is 10.0 Å². The quantitative estimate of drug-likeness (QED) is 0.251. The number of carbonyl (C=O) groups is 3. The molecule has 0 atom stereocenters. The number of ether oxygens (including phenoxy) is 1. The minimum atomic E-state index is -0.526. The molecule has 1 fully saturated rings. The Morgan fingerprint density at radius 1 is 1.05 bits per heavy atom. The Kier molecular flexibility index (Phi) is 9.26. The van der Waals surface area contributed by atoms with Crippen molar-refractivity contribution >= 4 is 95.6 Å². The van der Waals surface area contributed by atoms with E-state index >= 15 is 0 Å². The van der Waals surface area contributed by atoms with Crippen molar-refractivity contribution in [2.24, 2.45) is 0 Å². The number of thioether (sulfide) groups is 1. The van der Waals surface area contributed by atoms with Crippen molar-refractivity contribution in [2.75, 3.05) is 11.9 Å². The summed E-state index contributed by atoms with van der Waals surface area (Å²) in [6.45, 7) is 3.61. The van der Waals surface area contributed by atoms with Crippen molar-refractivity contribution in [3.63, 3.8) is 0 Å². The molecule has 38 heavy (non-hydrogen) atoms. The van der Waals surface area contributed by atoms with E-state index in [0.717, 1.165) is 33.4 Å². The number of aryl methyl sites for hydroxylation is 2. The summed E-state index contributed by atoms with van der Waals surface area (Å²) in [5.74, 6) is -0.426. The molecule has 0 aromatic heterocycles. The predicted molar refractivity (Wildman–Crippen MR) is 160 cm³/mol. The number of amides is 3. The zero-order valence-corrected chi connectivity index (χ0v) is 25.6. The summed E-state index contributed by atoms with van der Waals surface area (Å²) in [6, 6.07) is 14.4. The third kappa shape index (κ3) is 6.63. The van der Waals surface area contributed by atoms with E-state index in [4.69, 9.17) is 27.9 Å². The summed E-state index contributed by atoms with van der Waals surface area (Å²) in [5, 5.41) is 3.34. The molecule has 0 unspecified atom stereocenters. The molecule has 1 saturated heterocycles. The second-order valence-corrected chi connectivity index (χ2v) is 12.0. The fourth-order valence-electron chi connectivity index (χ4n) is 3.71. The SMILES string of the molecule is Cc1cccc(C)c1NC(=O)CN1C(=O)S/C(=C/c2cc(Br)c(OCc3ccc(Cl)cc3Cl)c(Br)c2)C1=O. The minimum Gasteiger partial charge on any atom is -0.486 e. The summed E-state index contributed by atoms with van der Waals surface area (Å²) < 4.78 is 7.21. The Bertz CT molecular complexity index is 1450. The van der Waals surface area contributed by atoms with Crippen molar-refractivity contribution in [3.8, 4) is 5.75 Å². The topological polar surface area (TPSA) is 75.7 Å². The normalized spacial score (nSPS) is 14.4. The molecule has 0 aliphatic carbocycles. The molecule has 1 aliphatic heterocycles. The standard InChI is InChI=1S/C27H20Br2Cl2N2O4S/c1-14-4-3-5-15(2)24(14)32-23(34)12-33-26(35)22(38-27(33)36)10-16-8-19(28)25(20(29)9-16)37-13-17-6-7-18(30)11-21(17)31/h3-11H,12-13H2,1-2H3,(H,32,34)/b22-10+. The van der Waals surface area contributed by atoms with Crippen LogP contribution >= 0.6 is 66.8 Å². The molecule has 11 heteroatoms. The molecular formula is C27H20Br2Cl2N2O4S. The van der Waals surface area contributed by atoms with E-state index in [1.165, 1.54) is 0 Å². The number of imide groups is 1. The lowest BCUT2D eigenvalue weighted by Crippen LogP contribution is -2.36. The Morgan fingerprint density at radius 3 is 2.34 bits per heavy atom. The van der Waals surface area contributed by atoms with Gasteiger partial charge in [0.1, 0.15) is 18.9 Å². The average molecular weight is 699 g/mol. The van der Waals surface area contributed by atoms with Gasteiger partial charge in [-0.3, -0.25) is 19.3 Å². The van der Waals surface area contributed by atoms with Crippen molar-refractivity contribution in [3.05, 3.63) is 94.7 Å². The maximum absolute atomic E-state index is 13.0. The van der Waals surface area contributed by atoms with E-state index < -0.39 is 17.1 Å². The predicted octanol–water partition coefficient (Wildman–Crippen LogP) is 8.39. The van der Waals surface area contributed by atoms with Gasteiger partial charge in [-0.15, -0.1) is 0 Å². The number of benzene rings is 3. The minimum absolute atomic E-state index is 0.218. The number of anilines is 1. The van der Waals surface area contributed by atoms with E-state index in [9.17, 15) is 14.4 Å². The lowest BCUT2D eigenvalue weighted by atomic mass is 10.1. The molecule has 1 N–H and O–H groups in total. The molecule has 3 amide bonds. The van der Waals surface area contributed by atoms with Crippen LogP contribution in [-0.4, -0.2) is 28.5 Å². The molecule has 1 heterocycles. The first-order valence-electron chi connectivity index (χ1n) is 11.2. The number of hydrogen-bond donors (Lipinski definition) is 1. The van der Waals surface area contributed by atoms with E-state index in [0.29, 0.717) is 36.0 Å². The van der Waals surface area contributed by atoms with Crippen molar-refractivity contribution in [2.45, 2.75) is 20.5 Å². The smallest absolute Gasteiger partial charge is 0.294 e. The van der Waals surface area contributed by atoms with E-state index in [-0.39, 0.29) is 18.1 Å².